The third-order valence-corrected chi connectivity index (χ3v) is 6.02. The van der Waals surface area contributed by atoms with Gasteiger partial charge in [0, 0.05) is 42.7 Å². The zero-order chi connectivity index (χ0) is 21.3. The van der Waals surface area contributed by atoms with Crippen LogP contribution < -0.4 is 9.80 Å². The van der Waals surface area contributed by atoms with Crippen LogP contribution in [-0.4, -0.2) is 40.5 Å². The summed E-state index contributed by atoms with van der Waals surface area (Å²) in [5.41, 5.74) is 1.86. The van der Waals surface area contributed by atoms with Crippen LogP contribution >= 0.6 is 11.3 Å². The average molecular weight is 425 g/mol. The highest BCUT2D eigenvalue weighted by atomic mass is 32.1. The van der Waals surface area contributed by atoms with Crippen molar-refractivity contribution in [1.82, 2.24) is 4.98 Å². The minimum Gasteiger partial charge on any atom is -0.362 e. The van der Waals surface area contributed by atoms with Gasteiger partial charge in [0.1, 0.15) is 5.69 Å². The Hall–Kier alpha value is -3.53. The molecule has 1 aliphatic heterocycles. The minimum atomic E-state index is -0.621. The first-order valence-electron chi connectivity index (χ1n) is 9.39. The second-order valence-electron chi connectivity index (χ2n) is 7.06. The van der Waals surface area contributed by atoms with Gasteiger partial charge in [-0.05, 0) is 13.0 Å². The molecular formula is C20H19N5O4S. The average Bonchev–Trinajstić information content (AvgIpc) is 3.23. The number of nitro groups is 2. The van der Waals surface area contributed by atoms with Gasteiger partial charge in [0.15, 0.2) is 5.13 Å². The predicted molar refractivity (Wildman–Crippen MR) is 116 cm³/mol. The zero-order valence-electron chi connectivity index (χ0n) is 16.2. The van der Waals surface area contributed by atoms with E-state index >= 15 is 0 Å². The first kappa shape index (κ1) is 19.8. The van der Waals surface area contributed by atoms with Crippen molar-refractivity contribution in [2.75, 3.05) is 29.4 Å². The summed E-state index contributed by atoms with van der Waals surface area (Å²) < 4.78 is 0. The molecule has 9 nitrogen and oxygen atoms in total. The number of hydrogen-bond acceptors (Lipinski definition) is 8. The van der Waals surface area contributed by atoms with Gasteiger partial charge in [0.2, 0.25) is 0 Å². The van der Waals surface area contributed by atoms with Crippen molar-refractivity contribution >= 4 is 33.5 Å². The number of piperazine rings is 1. The molecule has 3 aromatic rings. The Kier molecular flexibility index (Phi) is 5.32. The number of aromatic nitrogens is 1. The Morgan fingerprint density at radius 1 is 1.07 bits per heavy atom. The van der Waals surface area contributed by atoms with E-state index in [1.54, 1.807) is 11.3 Å². The lowest BCUT2D eigenvalue weighted by molar-refractivity contribution is -0.393. The summed E-state index contributed by atoms with van der Waals surface area (Å²) in [6.45, 7) is 3.81. The number of thiazole rings is 1. The predicted octanol–water partition coefficient (Wildman–Crippen LogP) is 4.34. The third kappa shape index (κ3) is 3.81. The molecule has 0 aliphatic carbocycles. The molecular weight excluding hydrogens is 406 g/mol. The molecule has 0 bridgehead atoms. The molecule has 1 atom stereocenters. The first-order chi connectivity index (χ1) is 14.4. The van der Waals surface area contributed by atoms with E-state index in [1.807, 2.05) is 47.5 Å². The molecule has 0 N–H and O–H groups in total. The van der Waals surface area contributed by atoms with Crippen LogP contribution in [0.4, 0.5) is 22.2 Å². The Morgan fingerprint density at radius 3 is 2.50 bits per heavy atom. The molecule has 2 aromatic carbocycles. The van der Waals surface area contributed by atoms with Crippen LogP contribution in [0.25, 0.3) is 11.3 Å². The van der Waals surface area contributed by atoms with Crippen LogP contribution in [0.3, 0.4) is 0 Å². The van der Waals surface area contributed by atoms with Gasteiger partial charge < -0.3 is 9.80 Å². The van der Waals surface area contributed by atoms with Crippen LogP contribution in [0.1, 0.15) is 6.92 Å². The lowest BCUT2D eigenvalue weighted by atomic mass is 10.1. The third-order valence-electron chi connectivity index (χ3n) is 5.14. The normalized spacial score (nSPS) is 16.5. The Bertz CT molecular complexity index is 1090. The maximum Gasteiger partial charge on any atom is 0.299 e. The smallest absolute Gasteiger partial charge is 0.299 e. The van der Waals surface area contributed by atoms with E-state index in [4.69, 9.17) is 4.98 Å². The van der Waals surface area contributed by atoms with Crippen molar-refractivity contribution in [2.45, 2.75) is 13.0 Å². The molecule has 10 heteroatoms. The van der Waals surface area contributed by atoms with Crippen molar-refractivity contribution in [2.24, 2.45) is 0 Å². The molecule has 154 valence electrons. The first-order valence-corrected chi connectivity index (χ1v) is 10.3. The maximum absolute atomic E-state index is 11.5. The van der Waals surface area contributed by atoms with Gasteiger partial charge in [0.25, 0.3) is 11.4 Å². The Balaban J connectivity index is 1.53. The lowest BCUT2D eigenvalue weighted by Gasteiger charge is -2.40. The minimum absolute atomic E-state index is 0.0725. The highest BCUT2D eigenvalue weighted by Crippen LogP contribution is 2.35. The largest absolute Gasteiger partial charge is 0.362 e. The molecule has 0 spiro atoms. The van der Waals surface area contributed by atoms with Gasteiger partial charge in [0.05, 0.1) is 21.6 Å². The summed E-state index contributed by atoms with van der Waals surface area (Å²) >= 11 is 1.58. The Morgan fingerprint density at radius 2 is 1.83 bits per heavy atom. The fourth-order valence-electron chi connectivity index (χ4n) is 3.64. The standard InChI is InChI=1S/C20H19N5O4S/c1-14-12-22(18-8-7-16(24(26)27)11-19(18)25(28)29)9-10-23(14)20-21-17(13-30-20)15-5-3-2-4-6-15/h2-8,11,13-14H,9-10,12H2,1H3/t14-/m0/s1. The molecule has 1 saturated heterocycles. The van der Waals surface area contributed by atoms with Gasteiger partial charge in [-0.25, -0.2) is 4.98 Å². The van der Waals surface area contributed by atoms with Gasteiger partial charge in [-0.1, -0.05) is 30.3 Å². The number of benzene rings is 2. The maximum atomic E-state index is 11.5. The second kappa shape index (κ2) is 8.07. The van der Waals surface area contributed by atoms with Crippen molar-refractivity contribution in [3.63, 3.8) is 0 Å². The molecule has 0 saturated carbocycles. The molecule has 30 heavy (non-hydrogen) atoms. The van der Waals surface area contributed by atoms with Crippen LogP contribution in [0.2, 0.25) is 0 Å². The molecule has 0 radical (unpaired) electrons. The molecule has 1 aromatic heterocycles. The summed E-state index contributed by atoms with van der Waals surface area (Å²) in [6, 6.07) is 13.8. The summed E-state index contributed by atoms with van der Waals surface area (Å²) in [5, 5.41) is 25.4. The van der Waals surface area contributed by atoms with E-state index in [-0.39, 0.29) is 17.4 Å². The Labute approximate surface area is 176 Å². The fraction of sp³-hybridized carbons (Fsp3) is 0.250. The molecule has 2 heterocycles. The van der Waals surface area contributed by atoms with Crippen molar-refractivity contribution in [3.8, 4) is 11.3 Å². The monoisotopic (exact) mass is 425 g/mol. The van der Waals surface area contributed by atoms with E-state index in [0.29, 0.717) is 25.3 Å². The zero-order valence-corrected chi connectivity index (χ0v) is 17.0. The quantitative estimate of drug-likeness (QED) is 0.442. The molecule has 0 unspecified atom stereocenters. The number of rotatable bonds is 5. The van der Waals surface area contributed by atoms with Crippen LogP contribution in [-0.2, 0) is 0 Å². The SMILES string of the molecule is C[C@H]1CN(c2ccc([N+](=O)[O-])cc2[N+](=O)[O-])CCN1c1nc(-c2ccccc2)cs1. The van der Waals surface area contributed by atoms with Gasteiger partial charge in [-0.15, -0.1) is 11.3 Å². The second-order valence-corrected chi connectivity index (χ2v) is 7.89. The summed E-state index contributed by atoms with van der Waals surface area (Å²) in [6.07, 6.45) is 0. The van der Waals surface area contributed by atoms with Crippen molar-refractivity contribution < 1.29 is 9.85 Å². The van der Waals surface area contributed by atoms with E-state index < -0.39 is 9.85 Å². The number of nitro benzene ring substituents is 2. The highest BCUT2D eigenvalue weighted by Gasteiger charge is 2.30. The van der Waals surface area contributed by atoms with Crippen LogP contribution in [0.15, 0.2) is 53.9 Å². The lowest BCUT2D eigenvalue weighted by Crippen LogP contribution is -2.52. The number of nitrogens with zero attached hydrogens (tertiary/aromatic N) is 5. The summed E-state index contributed by atoms with van der Waals surface area (Å²) in [7, 11) is 0. The number of hydrogen-bond donors (Lipinski definition) is 0. The number of non-ortho nitro benzene ring substituents is 1. The van der Waals surface area contributed by atoms with Gasteiger partial charge in [-0.3, -0.25) is 20.2 Å². The molecule has 1 aliphatic rings. The van der Waals surface area contributed by atoms with E-state index in [0.717, 1.165) is 22.5 Å². The van der Waals surface area contributed by atoms with Crippen LogP contribution in [0.5, 0.6) is 0 Å². The molecule has 4 rings (SSSR count). The van der Waals surface area contributed by atoms with E-state index in [2.05, 4.69) is 4.90 Å². The highest BCUT2D eigenvalue weighted by molar-refractivity contribution is 7.14. The topological polar surface area (TPSA) is 106 Å². The summed E-state index contributed by atoms with van der Waals surface area (Å²) in [5.74, 6) is 0. The number of anilines is 2. The van der Waals surface area contributed by atoms with Gasteiger partial charge >= 0.3 is 0 Å². The van der Waals surface area contributed by atoms with Crippen LogP contribution in [0, 0.1) is 20.2 Å². The van der Waals surface area contributed by atoms with E-state index in [1.165, 1.54) is 12.1 Å². The van der Waals surface area contributed by atoms with Gasteiger partial charge in [-0.2, -0.15) is 0 Å². The summed E-state index contributed by atoms with van der Waals surface area (Å²) in [4.78, 5) is 30.2. The molecule has 0 amide bonds. The van der Waals surface area contributed by atoms with Crippen molar-refractivity contribution in [3.05, 3.63) is 74.1 Å². The van der Waals surface area contributed by atoms with E-state index in [9.17, 15) is 20.2 Å². The molecule has 1 fully saturated rings. The van der Waals surface area contributed by atoms with Crippen molar-refractivity contribution in [1.29, 1.82) is 0 Å². The fourth-order valence-corrected chi connectivity index (χ4v) is 4.60.